The van der Waals surface area contributed by atoms with Crippen molar-refractivity contribution >= 4 is 39.6 Å². The molecule has 0 heterocycles. The van der Waals surface area contributed by atoms with Crippen LogP contribution in [0.15, 0.2) is 28.7 Å². The number of carboxylic acid groups (broad SMARTS) is 1. The molecule has 0 saturated carbocycles. The van der Waals surface area contributed by atoms with Gasteiger partial charge in [0.25, 0.3) is 0 Å². The molecule has 0 radical (unpaired) electrons. The summed E-state index contributed by atoms with van der Waals surface area (Å²) >= 11 is 3.44. The summed E-state index contributed by atoms with van der Waals surface area (Å²) in [6.07, 6.45) is 2.58. The normalized spacial score (nSPS) is 11.0. The van der Waals surface area contributed by atoms with Crippen LogP contribution in [0.4, 0.5) is 5.69 Å². The van der Waals surface area contributed by atoms with Crippen molar-refractivity contribution in [1.29, 1.82) is 0 Å². The number of aliphatic carboxylic acids is 1. The first-order chi connectivity index (χ1) is 9.31. The molecule has 20 heavy (non-hydrogen) atoms. The second-order valence-corrected chi connectivity index (χ2v) is 5.42. The number of carbonyl (C=O) groups excluding carboxylic acids is 1. The van der Waals surface area contributed by atoms with Crippen molar-refractivity contribution in [1.82, 2.24) is 0 Å². The predicted molar refractivity (Wildman–Crippen MR) is 82.5 cm³/mol. The second-order valence-electron chi connectivity index (χ2n) is 4.57. The molecule has 1 aromatic carbocycles. The summed E-state index contributed by atoms with van der Waals surface area (Å²) in [7, 11) is 0. The standard InChI is InChI=1S/C14H17BrN2O3/c1-9(2)17(8-13(16)18)12-5-3-10(7-11(12)15)4-6-14(19)20/h3-7,9H,8H2,1-2H3,(H2,16,18)(H,19,20)/b6-4+. The van der Waals surface area contributed by atoms with Gasteiger partial charge in [0, 0.05) is 16.6 Å². The number of benzene rings is 1. The van der Waals surface area contributed by atoms with Crippen LogP contribution in [-0.4, -0.2) is 29.6 Å². The number of carbonyl (C=O) groups is 2. The summed E-state index contributed by atoms with van der Waals surface area (Å²) in [6, 6.07) is 5.52. The molecule has 6 heteroatoms. The van der Waals surface area contributed by atoms with Crippen LogP contribution < -0.4 is 10.6 Å². The number of hydrogen-bond acceptors (Lipinski definition) is 3. The van der Waals surface area contributed by atoms with Crippen LogP contribution in [-0.2, 0) is 9.59 Å². The Morgan fingerprint density at radius 1 is 1.45 bits per heavy atom. The van der Waals surface area contributed by atoms with Crippen molar-refractivity contribution in [3.63, 3.8) is 0 Å². The van der Waals surface area contributed by atoms with E-state index in [1.807, 2.05) is 24.8 Å². The third kappa shape index (κ3) is 4.70. The van der Waals surface area contributed by atoms with Gasteiger partial charge in [-0.15, -0.1) is 0 Å². The molecule has 1 amide bonds. The zero-order chi connectivity index (χ0) is 15.3. The molecule has 0 aliphatic rings. The fourth-order valence-corrected chi connectivity index (χ4v) is 2.37. The number of carboxylic acids is 1. The Kier molecular flexibility index (Phi) is 5.76. The van der Waals surface area contributed by atoms with Gasteiger partial charge in [0.05, 0.1) is 12.2 Å². The van der Waals surface area contributed by atoms with Crippen LogP contribution in [0.25, 0.3) is 6.08 Å². The van der Waals surface area contributed by atoms with Crippen molar-refractivity contribution in [2.75, 3.05) is 11.4 Å². The number of nitrogens with two attached hydrogens (primary N) is 1. The minimum absolute atomic E-state index is 0.110. The molecular formula is C14H17BrN2O3. The van der Waals surface area contributed by atoms with Gasteiger partial charge in [-0.3, -0.25) is 4.79 Å². The van der Waals surface area contributed by atoms with Gasteiger partial charge in [0.15, 0.2) is 0 Å². The lowest BCUT2D eigenvalue weighted by molar-refractivity contribution is -0.131. The molecule has 0 saturated heterocycles. The fourth-order valence-electron chi connectivity index (χ4n) is 1.74. The summed E-state index contributed by atoms with van der Waals surface area (Å²) in [5.41, 5.74) is 6.85. The summed E-state index contributed by atoms with van der Waals surface area (Å²) in [5.74, 6) is -1.40. The molecule has 0 aromatic heterocycles. The average Bonchev–Trinajstić information content (AvgIpc) is 2.33. The molecule has 3 N–H and O–H groups in total. The number of halogens is 1. The van der Waals surface area contributed by atoms with Gasteiger partial charge >= 0.3 is 5.97 Å². The van der Waals surface area contributed by atoms with Crippen molar-refractivity contribution in [3.8, 4) is 0 Å². The van der Waals surface area contributed by atoms with Crippen LogP contribution in [0, 0.1) is 0 Å². The van der Waals surface area contributed by atoms with E-state index in [4.69, 9.17) is 10.8 Å². The first kappa shape index (κ1) is 16.2. The molecule has 1 aromatic rings. The highest BCUT2D eigenvalue weighted by molar-refractivity contribution is 9.10. The van der Waals surface area contributed by atoms with Crippen LogP contribution in [0.2, 0.25) is 0 Å². The van der Waals surface area contributed by atoms with Crippen LogP contribution in [0.1, 0.15) is 19.4 Å². The van der Waals surface area contributed by atoms with E-state index in [0.717, 1.165) is 21.8 Å². The topological polar surface area (TPSA) is 83.6 Å². The molecule has 0 spiro atoms. The maximum absolute atomic E-state index is 11.1. The molecule has 0 fully saturated rings. The Labute approximate surface area is 126 Å². The smallest absolute Gasteiger partial charge is 0.328 e. The van der Waals surface area contributed by atoms with Crippen molar-refractivity contribution in [2.24, 2.45) is 5.73 Å². The summed E-state index contributed by atoms with van der Waals surface area (Å²) < 4.78 is 0.778. The van der Waals surface area contributed by atoms with E-state index >= 15 is 0 Å². The van der Waals surface area contributed by atoms with E-state index in [-0.39, 0.29) is 12.6 Å². The molecule has 0 bridgehead atoms. The minimum Gasteiger partial charge on any atom is -0.478 e. The van der Waals surface area contributed by atoms with Gasteiger partial charge in [-0.25, -0.2) is 4.79 Å². The van der Waals surface area contributed by atoms with Gasteiger partial charge in [-0.1, -0.05) is 6.07 Å². The molecule has 0 aliphatic carbocycles. The van der Waals surface area contributed by atoms with E-state index in [9.17, 15) is 9.59 Å². The molecule has 1 rings (SSSR count). The first-order valence-electron chi connectivity index (χ1n) is 6.06. The number of hydrogen-bond donors (Lipinski definition) is 2. The lowest BCUT2D eigenvalue weighted by Crippen LogP contribution is -2.38. The lowest BCUT2D eigenvalue weighted by Gasteiger charge is -2.28. The highest BCUT2D eigenvalue weighted by atomic mass is 79.9. The molecular weight excluding hydrogens is 324 g/mol. The highest BCUT2D eigenvalue weighted by Crippen LogP contribution is 2.29. The Bertz CT molecular complexity index is 541. The molecule has 0 unspecified atom stereocenters. The van der Waals surface area contributed by atoms with Gasteiger partial charge in [-0.05, 0) is 53.5 Å². The maximum atomic E-state index is 11.1. The Hall–Kier alpha value is -1.82. The third-order valence-corrected chi connectivity index (χ3v) is 3.28. The van der Waals surface area contributed by atoms with Crippen molar-refractivity contribution in [2.45, 2.75) is 19.9 Å². The maximum Gasteiger partial charge on any atom is 0.328 e. The molecule has 5 nitrogen and oxygen atoms in total. The van der Waals surface area contributed by atoms with E-state index in [2.05, 4.69) is 15.9 Å². The van der Waals surface area contributed by atoms with Gasteiger partial charge in [-0.2, -0.15) is 0 Å². The monoisotopic (exact) mass is 340 g/mol. The van der Waals surface area contributed by atoms with E-state index < -0.39 is 11.9 Å². The largest absolute Gasteiger partial charge is 0.478 e. The van der Waals surface area contributed by atoms with Crippen LogP contribution in [0.5, 0.6) is 0 Å². The molecule has 0 aliphatic heterocycles. The minimum atomic E-state index is -0.997. The fraction of sp³-hybridized carbons (Fsp3) is 0.286. The van der Waals surface area contributed by atoms with E-state index in [1.165, 1.54) is 6.08 Å². The summed E-state index contributed by atoms with van der Waals surface area (Å²) in [4.78, 5) is 23.5. The summed E-state index contributed by atoms with van der Waals surface area (Å²) in [5, 5.41) is 8.60. The van der Waals surface area contributed by atoms with E-state index in [1.54, 1.807) is 12.1 Å². The Balaban J connectivity index is 3.06. The Morgan fingerprint density at radius 2 is 2.10 bits per heavy atom. The SMILES string of the molecule is CC(C)N(CC(N)=O)c1ccc(/C=C/C(=O)O)cc1Br. The van der Waals surface area contributed by atoms with Gasteiger partial charge in [0.2, 0.25) is 5.91 Å². The molecule has 0 atom stereocenters. The lowest BCUT2D eigenvalue weighted by atomic mass is 10.1. The van der Waals surface area contributed by atoms with Crippen LogP contribution in [0.3, 0.4) is 0 Å². The second kappa shape index (κ2) is 7.09. The first-order valence-corrected chi connectivity index (χ1v) is 6.86. The van der Waals surface area contributed by atoms with Gasteiger partial charge < -0.3 is 15.7 Å². The van der Waals surface area contributed by atoms with Gasteiger partial charge in [0.1, 0.15) is 0 Å². The molecule has 108 valence electrons. The van der Waals surface area contributed by atoms with E-state index in [0.29, 0.717) is 0 Å². The number of anilines is 1. The number of rotatable bonds is 6. The van der Waals surface area contributed by atoms with Crippen LogP contribution >= 0.6 is 15.9 Å². The zero-order valence-corrected chi connectivity index (χ0v) is 12.9. The number of primary amides is 1. The average molecular weight is 341 g/mol. The highest BCUT2D eigenvalue weighted by Gasteiger charge is 2.15. The third-order valence-electron chi connectivity index (χ3n) is 2.65. The van der Waals surface area contributed by atoms with Crippen molar-refractivity contribution < 1.29 is 14.7 Å². The quantitative estimate of drug-likeness (QED) is 0.778. The predicted octanol–water partition coefficient (Wildman–Crippen LogP) is 2.25. The number of amides is 1. The number of nitrogens with zero attached hydrogens (tertiary/aromatic N) is 1. The summed E-state index contributed by atoms with van der Waals surface area (Å²) in [6.45, 7) is 4.06. The van der Waals surface area contributed by atoms with Crippen molar-refractivity contribution in [3.05, 3.63) is 34.3 Å². The zero-order valence-electron chi connectivity index (χ0n) is 11.3. The Morgan fingerprint density at radius 3 is 2.55 bits per heavy atom.